The molecule has 3 rings (SSSR count). The molecule has 9 heteroatoms. The van der Waals surface area contributed by atoms with Gasteiger partial charge in [0, 0.05) is 19.3 Å². The molecule has 164 valence electrons. The Balaban J connectivity index is 1.67. The fourth-order valence-corrected chi connectivity index (χ4v) is 3.96. The number of likely N-dealkylation sites (tertiary alicyclic amines) is 1. The molecule has 1 fully saturated rings. The smallest absolute Gasteiger partial charge is 0.229 e. The number of aromatic nitrogens is 2. The highest BCUT2D eigenvalue weighted by atomic mass is 32.2. The summed E-state index contributed by atoms with van der Waals surface area (Å²) in [4.78, 5) is 10.6. The highest BCUT2D eigenvalue weighted by molar-refractivity contribution is 7.90. The summed E-state index contributed by atoms with van der Waals surface area (Å²) in [6, 6.07) is 3.51. The molecule has 1 aromatic carbocycles. The lowest BCUT2D eigenvalue weighted by Gasteiger charge is -2.32. The van der Waals surface area contributed by atoms with Gasteiger partial charge in [-0.15, -0.1) is 0 Å². The second kappa shape index (κ2) is 9.70. The number of hydrogen-bond donors (Lipinski definition) is 0. The molecule has 0 unspecified atom stereocenters. The van der Waals surface area contributed by atoms with Crippen LogP contribution in [0.2, 0.25) is 0 Å². The van der Waals surface area contributed by atoms with Crippen molar-refractivity contribution in [2.45, 2.75) is 50.5 Å². The van der Waals surface area contributed by atoms with Crippen molar-refractivity contribution < 1.29 is 22.3 Å². The number of nitrogens with zero attached hydrogens (tertiary/aromatic N) is 3. The van der Waals surface area contributed by atoms with Crippen molar-refractivity contribution in [2.75, 3.05) is 25.9 Å². The van der Waals surface area contributed by atoms with Crippen LogP contribution in [0.4, 0.5) is 4.39 Å². The molecule has 0 N–H and O–H groups in total. The lowest BCUT2D eigenvalue weighted by atomic mass is 10.1. The maximum atomic E-state index is 14.3. The van der Waals surface area contributed by atoms with E-state index in [1.807, 2.05) is 0 Å². The van der Waals surface area contributed by atoms with Gasteiger partial charge in [0.25, 0.3) is 0 Å². The zero-order valence-electron chi connectivity index (χ0n) is 17.6. The molecule has 0 saturated carbocycles. The van der Waals surface area contributed by atoms with Crippen LogP contribution in [0.5, 0.6) is 17.5 Å². The lowest BCUT2D eigenvalue weighted by Crippen LogP contribution is -2.38. The number of sulfone groups is 1. The molecule has 1 aromatic heterocycles. The SMILES string of the molecule is CCCCN1CCC(Oc2ncnc(Oc3ccc(S(C)(=O)=O)cc3F)c2C)CC1. The van der Waals surface area contributed by atoms with Gasteiger partial charge in [-0.1, -0.05) is 13.3 Å². The summed E-state index contributed by atoms with van der Waals surface area (Å²) >= 11 is 0. The zero-order valence-corrected chi connectivity index (χ0v) is 18.4. The molecular weight excluding hydrogens is 409 g/mol. The quantitative estimate of drug-likeness (QED) is 0.622. The Labute approximate surface area is 177 Å². The van der Waals surface area contributed by atoms with E-state index in [4.69, 9.17) is 9.47 Å². The fraction of sp³-hybridized carbons (Fsp3) is 0.524. The van der Waals surface area contributed by atoms with E-state index in [1.54, 1.807) is 6.92 Å². The minimum atomic E-state index is -3.50. The average molecular weight is 438 g/mol. The van der Waals surface area contributed by atoms with Crippen LogP contribution in [0.25, 0.3) is 0 Å². The van der Waals surface area contributed by atoms with E-state index in [0.717, 1.165) is 44.8 Å². The molecule has 1 saturated heterocycles. The monoisotopic (exact) mass is 437 g/mol. The third-order valence-corrected chi connectivity index (χ3v) is 6.28. The summed E-state index contributed by atoms with van der Waals surface area (Å²) in [5.41, 5.74) is 0.567. The minimum absolute atomic E-state index is 0.0649. The first kappa shape index (κ1) is 22.4. The van der Waals surface area contributed by atoms with Gasteiger partial charge < -0.3 is 14.4 Å². The molecule has 0 aliphatic carbocycles. The van der Waals surface area contributed by atoms with Crippen molar-refractivity contribution in [2.24, 2.45) is 0 Å². The molecule has 0 radical (unpaired) electrons. The lowest BCUT2D eigenvalue weighted by molar-refractivity contribution is 0.0951. The van der Waals surface area contributed by atoms with Crippen LogP contribution in [-0.2, 0) is 9.84 Å². The Morgan fingerprint density at radius 1 is 1.20 bits per heavy atom. The van der Waals surface area contributed by atoms with Crippen molar-refractivity contribution in [1.82, 2.24) is 14.9 Å². The number of halogens is 1. The maximum absolute atomic E-state index is 14.3. The van der Waals surface area contributed by atoms with Crippen LogP contribution in [0.15, 0.2) is 29.4 Å². The summed E-state index contributed by atoms with van der Waals surface area (Å²) in [5.74, 6) is -0.302. The Morgan fingerprint density at radius 2 is 1.90 bits per heavy atom. The zero-order chi connectivity index (χ0) is 21.7. The van der Waals surface area contributed by atoms with Crippen LogP contribution in [0, 0.1) is 12.7 Å². The molecule has 0 bridgehead atoms. The van der Waals surface area contributed by atoms with Crippen molar-refractivity contribution in [1.29, 1.82) is 0 Å². The third-order valence-electron chi connectivity index (χ3n) is 5.17. The first-order chi connectivity index (χ1) is 14.3. The highest BCUT2D eigenvalue weighted by Crippen LogP contribution is 2.31. The van der Waals surface area contributed by atoms with Gasteiger partial charge >= 0.3 is 0 Å². The normalized spacial score (nSPS) is 15.9. The van der Waals surface area contributed by atoms with E-state index < -0.39 is 15.7 Å². The number of piperidine rings is 1. The van der Waals surface area contributed by atoms with Gasteiger partial charge in [-0.3, -0.25) is 0 Å². The maximum Gasteiger partial charge on any atom is 0.229 e. The fourth-order valence-electron chi connectivity index (χ4n) is 3.33. The van der Waals surface area contributed by atoms with Crippen LogP contribution in [0.1, 0.15) is 38.2 Å². The van der Waals surface area contributed by atoms with Gasteiger partial charge in [0.15, 0.2) is 21.4 Å². The Morgan fingerprint density at radius 3 is 2.53 bits per heavy atom. The molecular formula is C21H28FN3O4S. The minimum Gasteiger partial charge on any atom is -0.474 e. The second-order valence-corrected chi connectivity index (χ2v) is 9.60. The van der Waals surface area contributed by atoms with Crippen LogP contribution in [-0.4, -0.2) is 55.3 Å². The van der Waals surface area contributed by atoms with Gasteiger partial charge in [-0.05, 0) is 50.9 Å². The van der Waals surface area contributed by atoms with Crippen molar-refractivity contribution in [3.05, 3.63) is 35.9 Å². The molecule has 30 heavy (non-hydrogen) atoms. The van der Waals surface area contributed by atoms with Crippen molar-refractivity contribution in [3.8, 4) is 17.5 Å². The molecule has 7 nitrogen and oxygen atoms in total. The second-order valence-electron chi connectivity index (χ2n) is 7.59. The number of rotatable bonds is 8. The summed E-state index contributed by atoms with van der Waals surface area (Å²) in [7, 11) is -3.50. The van der Waals surface area contributed by atoms with Gasteiger partial charge in [0.2, 0.25) is 11.8 Å². The average Bonchev–Trinajstić information content (AvgIpc) is 2.71. The number of benzene rings is 1. The van der Waals surface area contributed by atoms with E-state index in [9.17, 15) is 12.8 Å². The Bertz CT molecular complexity index is 976. The molecule has 1 aliphatic heterocycles. The van der Waals surface area contributed by atoms with E-state index in [-0.39, 0.29) is 22.6 Å². The van der Waals surface area contributed by atoms with E-state index in [0.29, 0.717) is 11.4 Å². The summed E-state index contributed by atoms with van der Waals surface area (Å²) in [5, 5.41) is 0. The molecule has 0 spiro atoms. The number of hydrogen-bond acceptors (Lipinski definition) is 7. The van der Waals surface area contributed by atoms with Gasteiger partial charge in [0.05, 0.1) is 10.5 Å². The van der Waals surface area contributed by atoms with Crippen LogP contribution >= 0.6 is 0 Å². The molecule has 0 amide bonds. The topological polar surface area (TPSA) is 81.6 Å². The summed E-state index contributed by atoms with van der Waals surface area (Å²) < 4.78 is 49.1. The standard InChI is InChI=1S/C21H28FN3O4S/c1-4-5-10-25-11-8-16(9-12-25)28-20-15(2)21(24-14-23-20)29-19-7-6-17(13-18(19)22)30(3,26)27/h6-7,13-14,16H,4-5,8-12H2,1-3H3. The van der Waals surface area contributed by atoms with Crippen LogP contribution < -0.4 is 9.47 Å². The molecule has 1 aliphatic rings. The van der Waals surface area contributed by atoms with Gasteiger partial charge in [0.1, 0.15) is 12.4 Å². The van der Waals surface area contributed by atoms with Crippen molar-refractivity contribution >= 4 is 9.84 Å². The predicted octanol–water partition coefficient (Wildman–Crippen LogP) is 3.76. The molecule has 2 heterocycles. The number of ether oxygens (including phenoxy) is 2. The van der Waals surface area contributed by atoms with Crippen molar-refractivity contribution in [3.63, 3.8) is 0 Å². The van der Waals surface area contributed by atoms with E-state index >= 15 is 0 Å². The largest absolute Gasteiger partial charge is 0.474 e. The number of unbranched alkanes of at least 4 members (excludes halogenated alkanes) is 1. The first-order valence-electron chi connectivity index (χ1n) is 10.2. The third kappa shape index (κ3) is 5.66. The molecule has 0 atom stereocenters. The summed E-state index contributed by atoms with van der Waals surface area (Å²) in [6.07, 6.45) is 6.65. The van der Waals surface area contributed by atoms with Gasteiger partial charge in [-0.25, -0.2) is 22.8 Å². The predicted molar refractivity (Wildman–Crippen MR) is 111 cm³/mol. The highest BCUT2D eigenvalue weighted by Gasteiger charge is 2.22. The molecule has 2 aromatic rings. The summed E-state index contributed by atoms with van der Waals surface area (Å²) in [6.45, 7) is 7.06. The first-order valence-corrected chi connectivity index (χ1v) is 12.0. The van der Waals surface area contributed by atoms with Gasteiger partial charge in [-0.2, -0.15) is 0 Å². The van der Waals surface area contributed by atoms with Crippen LogP contribution in [0.3, 0.4) is 0 Å². The van der Waals surface area contributed by atoms with E-state index in [1.165, 1.54) is 31.3 Å². The Kier molecular flexibility index (Phi) is 7.25. The van der Waals surface area contributed by atoms with E-state index in [2.05, 4.69) is 21.8 Å². The Hall–Kier alpha value is -2.26.